The molecule has 1 fully saturated rings. The molecule has 0 aliphatic heterocycles. The van der Waals surface area contributed by atoms with E-state index in [0.29, 0.717) is 11.4 Å². The van der Waals surface area contributed by atoms with Gasteiger partial charge >= 0.3 is 0 Å². The zero-order chi connectivity index (χ0) is 15.6. The van der Waals surface area contributed by atoms with Gasteiger partial charge in [-0.15, -0.1) is 11.6 Å². The number of halogens is 1. The molecule has 1 aliphatic carbocycles. The highest BCUT2D eigenvalue weighted by Crippen LogP contribution is 2.32. The van der Waals surface area contributed by atoms with Crippen molar-refractivity contribution < 1.29 is 8.42 Å². The first kappa shape index (κ1) is 16.8. The first-order valence-corrected chi connectivity index (χ1v) is 9.47. The maximum absolute atomic E-state index is 12.9. The van der Waals surface area contributed by atoms with Gasteiger partial charge in [0.25, 0.3) is 0 Å². The third kappa shape index (κ3) is 3.27. The number of sulfonamides is 1. The molecule has 0 amide bonds. The van der Waals surface area contributed by atoms with Crippen molar-refractivity contribution in [2.24, 2.45) is 5.92 Å². The summed E-state index contributed by atoms with van der Waals surface area (Å²) in [6.45, 7) is 3.92. The Morgan fingerprint density at radius 2 is 1.95 bits per heavy atom. The zero-order valence-corrected chi connectivity index (χ0v) is 14.5. The summed E-state index contributed by atoms with van der Waals surface area (Å²) >= 11 is 5.81. The molecule has 0 bridgehead atoms. The maximum Gasteiger partial charge on any atom is 0.246 e. The quantitative estimate of drug-likeness (QED) is 0.842. The predicted molar refractivity (Wildman–Crippen MR) is 83.9 cm³/mol. The second kappa shape index (κ2) is 6.67. The molecule has 1 N–H and O–H groups in total. The van der Waals surface area contributed by atoms with Gasteiger partial charge in [-0.05, 0) is 38.5 Å². The first-order valence-electron chi connectivity index (χ1n) is 7.49. The van der Waals surface area contributed by atoms with Crippen molar-refractivity contribution in [2.75, 3.05) is 7.05 Å². The highest BCUT2D eigenvalue weighted by atomic mass is 35.5. The van der Waals surface area contributed by atoms with Crippen LogP contribution in [0.25, 0.3) is 0 Å². The minimum absolute atomic E-state index is 0.0790. The third-order valence-corrected chi connectivity index (χ3v) is 7.00. The van der Waals surface area contributed by atoms with Crippen molar-refractivity contribution in [3.8, 4) is 0 Å². The Labute approximate surface area is 132 Å². The fourth-order valence-corrected chi connectivity index (χ4v) is 5.17. The molecular weight excluding hydrogens is 310 g/mol. The molecule has 0 atom stereocenters. The number of aromatic nitrogens is 2. The van der Waals surface area contributed by atoms with Crippen molar-refractivity contribution in [1.82, 2.24) is 14.5 Å². The van der Waals surface area contributed by atoms with Crippen LogP contribution in [0.15, 0.2) is 4.90 Å². The molecule has 1 aromatic rings. The summed E-state index contributed by atoms with van der Waals surface area (Å²) in [5.74, 6) is 0.835. The Balaban J connectivity index is 2.21. The Kier molecular flexibility index (Phi) is 5.33. The summed E-state index contributed by atoms with van der Waals surface area (Å²) in [6, 6.07) is 0.0790. The first-order chi connectivity index (χ1) is 9.91. The Hall–Kier alpha value is -0.590. The van der Waals surface area contributed by atoms with Gasteiger partial charge in [0.05, 0.1) is 17.3 Å². The van der Waals surface area contributed by atoms with Gasteiger partial charge in [0.2, 0.25) is 10.0 Å². The number of hydrogen-bond donors (Lipinski definition) is 1. The minimum atomic E-state index is -3.54. The lowest BCUT2D eigenvalue weighted by atomic mass is 9.85. The molecule has 21 heavy (non-hydrogen) atoms. The van der Waals surface area contributed by atoms with Crippen LogP contribution in [-0.2, 0) is 15.9 Å². The van der Waals surface area contributed by atoms with E-state index >= 15 is 0 Å². The number of nitrogens with one attached hydrogen (secondary N) is 1. The molecular formula is C14H24ClN3O2S. The van der Waals surface area contributed by atoms with Crippen molar-refractivity contribution in [3.05, 3.63) is 11.4 Å². The predicted octanol–water partition coefficient (Wildman–Crippen LogP) is 3.05. The minimum Gasteiger partial charge on any atom is -0.281 e. The van der Waals surface area contributed by atoms with Crippen LogP contribution in [0.2, 0.25) is 0 Å². The molecule has 0 saturated heterocycles. The van der Waals surface area contributed by atoms with Crippen LogP contribution in [0.3, 0.4) is 0 Å². The van der Waals surface area contributed by atoms with E-state index in [1.165, 1.54) is 10.7 Å². The summed E-state index contributed by atoms with van der Waals surface area (Å²) < 4.78 is 27.2. The van der Waals surface area contributed by atoms with Gasteiger partial charge in [0, 0.05) is 13.1 Å². The monoisotopic (exact) mass is 333 g/mol. The van der Waals surface area contributed by atoms with E-state index in [4.69, 9.17) is 11.6 Å². The standard InChI is InChI=1S/C14H24ClN3O2S/c1-4-11-5-7-12(8-6-11)18(3)21(19,20)14-10(2)16-17-13(14)9-15/h11-12H,4-9H2,1-3H3,(H,16,17). The van der Waals surface area contributed by atoms with Gasteiger partial charge in [-0.3, -0.25) is 5.10 Å². The highest BCUT2D eigenvalue weighted by molar-refractivity contribution is 7.89. The number of nitrogens with zero attached hydrogens (tertiary/aromatic N) is 2. The maximum atomic E-state index is 12.9. The van der Waals surface area contributed by atoms with E-state index in [1.54, 1.807) is 14.0 Å². The molecule has 1 aromatic heterocycles. The molecule has 0 spiro atoms. The number of H-pyrrole nitrogens is 1. The summed E-state index contributed by atoms with van der Waals surface area (Å²) in [6.07, 6.45) is 5.25. The van der Waals surface area contributed by atoms with E-state index in [9.17, 15) is 8.42 Å². The second-order valence-corrected chi connectivity index (χ2v) is 8.06. The van der Waals surface area contributed by atoms with Crippen LogP contribution in [0, 0.1) is 12.8 Å². The SMILES string of the molecule is CCC1CCC(N(C)S(=O)(=O)c2c(CCl)n[nH]c2C)CC1. The Morgan fingerprint density at radius 3 is 2.48 bits per heavy atom. The van der Waals surface area contributed by atoms with Crippen molar-refractivity contribution in [1.29, 1.82) is 0 Å². The van der Waals surface area contributed by atoms with Crippen molar-refractivity contribution in [2.45, 2.75) is 62.8 Å². The average molecular weight is 334 g/mol. The molecule has 120 valence electrons. The van der Waals surface area contributed by atoms with Crippen molar-refractivity contribution in [3.63, 3.8) is 0 Å². The van der Waals surface area contributed by atoms with Gasteiger partial charge in [0.1, 0.15) is 4.90 Å². The largest absolute Gasteiger partial charge is 0.281 e. The van der Waals surface area contributed by atoms with Crippen LogP contribution in [-0.4, -0.2) is 36.0 Å². The van der Waals surface area contributed by atoms with Gasteiger partial charge in [0.15, 0.2) is 0 Å². The summed E-state index contributed by atoms with van der Waals surface area (Å²) in [5.41, 5.74) is 0.961. The van der Waals surface area contributed by atoms with E-state index in [2.05, 4.69) is 17.1 Å². The fraction of sp³-hybridized carbons (Fsp3) is 0.786. The summed E-state index contributed by atoms with van der Waals surface area (Å²) in [7, 11) is -1.86. The number of alkyl halides is 1. The number of aromatic amines is 1. The molecule has 2 rings (SSSR count). The molecule has 1 saturated carbocycles. The number of hydrogen-bond acceptors (Lipinski definition) is 3. The molecule has 5 nitrogen and oxygen atoms in total. The summed E-state index contributed by atoms with van der Waals surface area (Å²) in [5, 5.41) is 6.72. The molecule has 1 heterocycles. The second-order valence-electron chi connectivity index (χ2n) is 5.86. The lowest BCUT2D eigenvalue weighted by Crippen LogP contribution is -2.39. The van der Waals surface area contributed by atoms with Crippen LogP contribution >= 0.6 is 11.6 Å². The fourth-order valence-electron chi connectivity index (χ4n) is 3.16. The van der Waals surface area contributed by atoms with Crippen LogP contribution < -0.4 is 0 Å². The third-order valence-electron chi connectivity index (χ3n) is 4.63. The lowest BCUT2D eigenvalue weighted by molar-refractivity contribution is 0.233. The highest BCUT2D eigenvalue weighted by Gasteiger charge is 2.34. The van der Waals surface area contributed by atoms with E-state index in [1.807, 2.05) is 0 Å². The molecule has 1 aliphatic rings. The van der Waals surface area contributed by atoms with Crippen molar-refractivity contribution >= 4 is 21.6 Å². The molecule has 7 heteroatoms. The number of rotatable bonds is 5. The van der Waals surface area contributed by atoms with Crippen LogP contribution in [0.1, 0.15) is 50.4 Å². The average Bonchev–Trinajstić information content (AvgIpc) is 2.88. The van der Waals surface area contributed by atoms with E-state index in [-0.39, 0.29) is 16.8 Å². The smallest absolute Gasteiger partial charge is 0.246 e. The normalized spacial score (nSPS) is 23.7. The topological polar surface area (TPSA) is 66.1 Å². The molecule has 0 aromatic carbocycles. The van der Waals surface area contributed by atoms with E-state index in [0.717, 1.165) is 31.6 Å². The number of aryl methyl sites for hydroxylation is 1. The van der Waals surface area contributed by atoms with Gasteiger partial charge < -0.3 is 0 Å². The Morgan fingerprint density at radius 1 is 1.33 bits per heavy atom. The van der Waals surface area contributed by atoms with E-state index < -0.39 is 10.0 Å². The molecule has 0 unspecified atom stereocenters. The van der Waals surface area contributed by atoms with Gasteiger partial charge in [-0.25, -0.2) is 8.42 Å². The van der Waals surface area contributed by atoms with Gasteiger partial charge in [-0.2, -0.15) is 9.40 Å². The van der Waals surface area contributed by atoms with Crippen LogP contribution in [0.5, 0.6) is 0 Å². The van der Waals surface area contributed by atoms with Crippen LogP contribution in [0.4, 0.5) is 0 Å². The lowest BCUT2D eigenvalue weighted by Gasteiger charge is -2.33. The zero-order valence-electron chi connectivity index (χ0n) is 12.9. The Bertz CT molecular complexity index is 577. The van der Waals surface area contributed by atoms with Gasteiger partial charge in [-0.1, -0.05) is 13.3 Å². The summed E-state index contributed by atoms with van der Waals surface area (Å²) in [4.78, 5) is 0.248. The molecule has 0 radical (unpaired) electrons.